The number of anilines is 1. The van der Waals surface area contributed by atoms with E-state index < -0.39 is 0 Å². The van der Waals surface area contributed by atoms with E-state index in [0.29, 0.717) is 24.7 Å². The average Bonchev–Trinajstić information content (AvgIpc) is 2.85. The molecule has 90 valence electrons. The molecule has 0 radical (unpaired) electrons. The molecule has 0 aliphatic rings. The van der Waals surface area contributed by atoms with Crippen LogP contribution in [-0.4, -0.2) is 30.1 Å². The predicted molar refractivity (Wildman–Crippen MR) is 65.3 cm³/mol. The molecular weight excluding hydrogens is 218 g/mol. The molecule has 0 unspecified atom stereocenters. The number of nitrogens with two attached hydrogens (primary N) is 1. The van der Waals surface area contributed by atoms with E-state index in [9.17, 15) is 0 Å². The van der Waals surface area contributed by atoms with Crippen LogP contribution >= 0.6 is 0 Å². The molecular formula is C12H15N3O2. The maximum atomic E-state index is 5.83. The van der Waals surface area contributed by atoms with Gasteiger partial charge in [-0.25, -0.2) is 4.68 Å². The minimum atomic E-state index is 0.475. The molecule has 17 heavy (non-hydrogen) atoms. The Balaban J connectivity index is 2.18. The second-order valence-corrected chi connectivity index (χ2v) is 3.51. The number of rotatable bonds is 5. The van der Waals surface area contributed by atoms with Crippen LogP contribution in [0.2, 0.25) is 0 Å². The summed E-state index contributed by atoms with van der Waals surface area (Å²) in [5, 5.41) is 4.15. The molecule has 0 atom stereocenters. The molecule has 0 aliphatic heterocycles. The molecule has 2 rings (SSSR count). The van der Waals surface area contributed by atoms with Crippen LogP contribution in [0, 0.1) is 0 Å². The van der Waals surface area contributed by atoms with Gasteiger partial charge in [-0.3, -0.25) is 0 Å². The quantitative estimate of drug-likeness (QED) is 0.627. The molecule has 2 aromatic rings. The first-order valence-corrected chi connectivity index (χ1v) is 5.32. The molecule has 5 heteroatoms. The van der Waals surface area contributed by atoms with E-state index >= 15 is 0 Å². The first-order chi connectivity index (χ1) is 8.31. The molecule has 0 bridgehead atoms. The zero-order chi connectivity index (χ0) is 12.1. The zero-order valence-electron chi connectivity index (χ0n) is 9.67. The van der Waals surface area contributed by atoms with Crippen molar-refractivity contribution in [2.24, 2.45) is 0 Å². The molecule has 1 aromatic heterocycles. The van der Waals surface area contributed by atoms with Crippen LogP contribution in [0.1, 0.15) is 0 Å². The van der Waals surface area contributed by atoms with Crippen molar-refractivity contribution in [3.63, 3.8) is 0 Å². The SMILES string of the molecule is COCCOc1cc(-n2cccn2)ccc1N. The van der Waals surface area contributed by atoms with Crippen LogP contribution in [0.25, 0.3) is 5.69 Å². The van der Waals surface area contributed by atoms with Gasteiger partial charge in [-0.05, 0) is 18.2 Å². The van der Waals surface area contributed by atoms with Crippen LogP contribution in [0.3, 0.4) is 0 Å². The minimum Gasteiger partial charge on any atom is -0.489 e. The third-order valence-electron chi connectivity index (χ3n) is 2.31. The third-order valence-corrected chi connectivity index (χ3v) is 2.31. The Hall–Kier alpha value is -2.01. The topological polar surface area (TPSA) is 62.3 Å². The fourth-order valence-electron chi connectivity index (χ4n) is 1.45. The monoisotopic (exact) mass is 233 g/mol. The number of hydrogen-bond donors (Lipinski definition) is 1. The number of aromatic nitrogens is 2. The highest BCUT2D eigenvalue weighted by molar-refractivity contribution is 5.57. The molecule has 0 aliphatic carbocycles. The molecule has 5 nitrogen and oxygen atoms in total. The largest absolute Gasteiger partial charge is 0.489 e. The molecule has 0 spiro atoms. The Labute approximate surface area is 99.8 Å². The van der Waals surface area contributed by atoms with Crippen molar-refractivity contribution in [3.05, 3.63) is 36.7 Å². The van der Waals surface area contributed by atoms with Crippen molar-refractivity contribution in [1.29, 1.82) is 0 Å². The fourth-order valence-corrected chi connectivity index (χ4v) is 1.45. The maximum Gasteiger partial charge on any atom is 0.144 e. The predicted octanol–water partition coefficient (Wildman–Crippen LogP) is 1.48. The van der Waals surface area contributed by atoms with E-state index in [1.165, 1.54) is 0 Å². The molecule has 0 saturated carbocycles. The van der Waals surface area contributed by atoms with E-state index in [0.717, 1.165) is 5.69 Å². The van der Waals surface area contributed by atoms with E-state index in [1.807, 2.05) is 24.4 Å². The van der Waals surface area contributed by atoms with Crippen LogP contribution < -0.4 is 10.5 Å². The Bertz CT molecular complexity index is 469. The average molecular weight is 233 g/mol. The second-order valence-electron chi connectivity index (χ2n) is 3.51. The summed E-state index contributed by atoms with van der Waals surface area (Å²) in [4.78, 5) is 0. The summed E-state index contributed by atoms with van der Waals surface area (Å²) in [5.74, 6) is 0.648. The fraction of sp³-hybridized carbons (Fsp3) is 0.250. The number of ether oxygens (including phenoxy) is 2. The van der Waals surface area contributed by atoms with Crippen LogP contribution in [0.4, 0.5) is 5.69 Å². The molecule has 0 fully saturated rings. The first-order valence-electron chi connectivity index (χ1n) is 5.32. The standard InChI is InChI=1S/C12H15N3O2/c1-16-7-8-17-12-9-10(3-4-11(12)13)15-6-2-5-14-15/h2-6,9H,7-8,13H2,1H3. The van der Waals surface area contributed by atoms with Crippen LogP contribution in [-0.2, 0) is 4.74 Å². The Morgan fingerprint density at radius 3 is 2.94 bits per heavy atom. The summed E-state index contributed by atoms with van der Waals surface area (Å²) in [6.45, 7) is 1.01. The van der Waals surface area contributed by atoms with Crippen molar-refractivity contribution in [1.82, 2.24) is 9.78 Å². The lowest BCUT2D eigenvalue weighted by molar-refractivity contribution is 0.146. The highest BCUT2D eigenvalue weighted by Gasteiger charge is 2.04. The number of nitrogens with zero attached hydrogens (tertiary/aromatic N) is 2. The number of benzene rings is 1. The highest BCUT2D eigenvalue weighted by atomic mass is 16.5. The lowest BCUT2D eigenvalue weighted by Gasteiger charge is -2.10. The van der Waals surface area contributed by atoms with Gasteiger partial charge in [0.25, 0.3) is 0 Å². The number of methoxy groups -OCH3 is 1. The van der Waals surface area contributed by atoms with Gasteiger partial charge in [-0.15, -0.1) is 0 Å². The smallest absolute Gasteiger partial charge is 0.144 e. The first kappa shape index (κ1) is 11.5. The van der Waals surface area contributed by atoms with E-state index in [-0.39, 0.29) is 0 Å². The van der Waals surface area contributed by atoms with Crippen molar-refractivity contribution < 1.29 is 9.47 Å². The van der Waals surface area contributed by atoms with Gasteiger partial charge in [0.2, 0.25) is 0 Å². The van der Waals surface area contributed by atoms with E-state index in [4.69, 9.17) is 15.2 Å². The van der Waals surface area contributed by atoms with Gasteiger partial charge in [0.15, 0.2) is 0 Å². The summed E-state index contributed by atoms with van der Waals surface area (Å²) in [6.07, 6.45) is 3.59. The Kier molecular flexibility index (Phi) is 3.62. The second kappa shape index (κ2) is 5.36. The van der Waals surface area contributed by atoms with Crippen molar-refractivity contribution in [3.8, 4) is 11.4 Å². The summed E-state index contributed by atoms with van der Waals surface area (Å²) >= 11 is 0. The van der Waals surface area contributed by atoms with Crippen molar-refractivity contribution in [2.75, 3.05) is 26.1 Å². The van der Waals surface area contributed by atoms with Gasteiger partial charge < -0.3 is 15.2 Å². The summed E-state index contributed by atoms with van der Waals surface area (Å²) in [7, 11) is 1.63. The number of hydrogen-bond acceptors (Lipinski definition) is 4. The van der Waals surface area contributed by atoms with Gasteiger partial charge in [-0.1, -0.05) is 0 Å². The van der Waals surface area contributed by atoms with Gasteiger partial charge in [0, 0.05) is 25.6 Å². The van der Waals surface area contributed by atoms with Crippen molar-refractivity contribution >= 4 is 5.69 Å². The Morgan fingerprint density at radius 1 is 1.35 bits per heavy atom. The molecule has 0 saturated heterocycles. The maximum absolute atomic E-state index is 5.83. The Morgan fingerprint density at radius 2 is 2.24 bits per heavy atom. The lowest BCUT2D eigenvalue weighted by Crippen LogP contribution is -2.06. The van der Waals surface area contributed by atoms with Gasteiger partial charge in [-0.2, -0.15) is 5.10 Å². The van der Waals surface area contributed by atoms with Gasteiger partial charge >= 0.3 is 0 Å². The van der Waals surface area contributed by atoms with Crippen LogP contribution in [0.5, 0.6) is 5.75 Å². The van der Waals surface area contributed by atoms with E-state index in [2.05, 4.69) is 5.10 Å². The summed E-state index contributed by atoms with van der Waals surface area (Å²) in [5.41, 5.74) is 7.35. The third kappa shape index (κ3) is 2.76. The van der Waals surface area contributed by atoms with Gasteiger partial charge in [0.05, 0.1) is 18.0 Å². The van der Waals surface area contributed by atoms with Gasteiger partial charge in [0.1, 0.15) is 12.4 Å². The molecule has 1 aromatic carbocycles. The summed E-state index contributed by atoms with van der Waals surface area (Å²) in [6, 6.07) is 7.42. The van der Waals surface area contributed by atoms with Crippen LogP contribution in [0.15, 0.2) is 36.7 Å². The highest BCUT2D eigenvalue weighted by Crippen LogP contribution is 2.24. The molecule has 0 amide bonds. The van der Waals surface area contributed by atoms with E-state index in [1.54, 1.807) is 24.1 Å². The summed E-state index contributed by atoms with van der Waals surface area (Å²) < 4.78 is 12.2. The number of nitrogen functional groups attached to an aromatic ring is 1. The minimum absolute atomic E-state index is 0.475. The molecule has 2 N–H and O–H groups in total. The molecule has 1 heterocycles. The lowest BCUT2D eigenvalue weighted by atomic mass is 10.2. The van der Waals surface area contributed by atoms with Crippen molar-refractivity contribution in [2.45, 2.75) is 0 Å². The normalized spacial score (nSPS) is 10.4. The zero-order valence-corrected chi connectivity index (χ0v) is 9.67.